The zero-order valence-electron chi connectivity index (χ0n) is 24.2. The summed E-state index contributed by atoms with van der Waals surface area (Å²) < 4.78 is 79.8. The smallest absolute Gasteiger partial charge is 0.356 e. The minimum Gasteiger partial charge on any atom is -0.356 e. The molecule has 1 atom stereocenters. The second-order valence-electron chi connectivity index (χ2n) is 11.3. The molecule has 0 radical (unpaired) electrons. The molecule has 2 fully saturated rings. The Morgan fingerprint density at radius 1 is 0.884 bits per heavy atom. The van der Waals surface area contributed by atoms with Gasteiger partial charge < -0.3 is 19.6 Å². The Morgan fingerprint density at radius 3 is 2.09 bits per heavy atom. The van der Waals surface area contributed by atoms with Gasteiger partial charge in [0.15, 0.2) is 0 Å². The monoisotopic (exact) mass is 614 g/mol. The van der Waals surface area contributed by atoms with Crippen LogP contribution in [0.2, 0.25) is 0 Å². The number of ketones is 1. The lowest BCUT2D eigenvalue weighted by atomic mass is 9.90. The minimum absolute atomic E-state index is 0.0274. The second kappa shape index (κ2) is 13.5. The number of rotatable bonds is 9. The standard InChI is InChI=1S/C29H36F6N6O2/c1-38(2)19-26(43)40-15-13-39(14-16-40)24-17-25(37-27(36-24)29(33,34)35)41-12-4-6-21(18-41)23(42)7-3-5-20-8-10-22(11-9-20)28(30,31)32/h8-11,17,21H,3-7,12-16,18-19H2,1-2H3/t21-/m1/s1. The number of Topliss-reactive ketones (excluding diaryl/α,β-unsaturated/α-hetero) is 1. The summed E-state index contributed by atoms with van der Waals surface area (Å²) in [6.45, 7) is 2.29. The van der Waals surface area contributed by atoms with E-state index in [1.54, 1.807) is 33.7 Å². The molecule has 1 aromatic carbocycles. The predicted octanol–water partition coefficient (Wildman–Crippen LogP) is 4.53. The average Bonchev–Trinajstić information content (AvgIpc) is 2.96. The maximum atomic E-state index is 13.8. The molecule has 43 heavy (non-hydrogen) atoms. The van der Waals surface area contributed by atoms with Crippen LogP contribution in [0.1, 0.15) is 42.6 Å². The molecule has 0 N–H and O–H groups in total. The van der Waals surface area contributed by atoms with Gasteiger partial charge in [-0.05, 0) is 57.5 Å². The lowest BCUT2D eigenvalue weighted by Crippen LogP contribution is -2.51. The first-order valence-electron chi connectivity index (χ1n) is 14.3. The van der Waals surface area contributed by atoms with Crippen molar-refractivity contribution in [2.75, 3.05) is 69.7 Å². The number of halogens is 6. The third kappa shape index (κ3) is 8.80. The van der Waals surface area contributed by atoms with Crippen molar-refractivity contribution in [2.24, 2.45) is 5.92 Å². The fraction of sp³-hybridized carbons (Fsp3) is 0.586. The third-order valence-electron chi connectivity index (χ3n) is 7.73. The van der Waals surface area contributed by atoms with Crippen molar-refractivity contribution >= 4 is 23.3 Å². The minimum atomic E-state index is -4.77. The number of alkyl halides is 6. The van der Waals surface area contributed by atoms with Crippen LogP contribution in [-0.2, 0) is 28.4 Å². The van der Waals surface area contributed by atoms with Crippen molar-refractivity contribution < 1.29 is 35.9 Å². The van der Waals surface area contributed by atoms with Crippen LogP contribution in [0.5, 0.6) is 0 Å². The highest BCUT2D eigenvalue weighted by Crippen LogP contribution is 2.33. The number of aromatic nitrogens is 2. The number of benzene rings is 1. The third-order valence-corrected chi connectivity index (χ3v) is 7.73. The largest absolute Gasteiger partial charge is 0.451 e. The normalized spacial score (nSPS) is 18.3. The summed E-state index contributed by atoms with van der Waals surface area (Å²) in [5.41, 5.74) is -0.0317. The molecule has 0 spiro atoms. The highest BCUT2D eigenvalue weighted by Gasteiger charge is 2.37. The van der Waals surface area contributed by atoms with Crippen molar-refractivity contribution in [1.29, 1.82) is 0 Å². The lowest BCUT2D eigenvalue weighted by Gasteiger charge is -2.37. The van der Waals surface area contributed by atoms with Crippen molar-refractivity contribution in [3.63, 3.8) is 0 Å². The first kappa shape index (κ1) is 32.5. The van der Waals surface area contributed by atoms with E-state index in [0.717, 1.165) is 12.1 Å². The number of piperazine rings is 1. The highest BCUT2D eigenvalue weighted by molar-refractivity contribution is 5.82. The number of anilines is 2. The molecule has 0 aliphatic carbocycles. The Labute approximate surface area is 246 Å². The molecule has 236 valence electrons. The fourth-order valence-corrected chi connectivity index (χ4v) is 5.41. The summed E-state index contributed by atoms with van der Waals surface area (Å²) in [4.78, 5) is 39.9. The summed E-state index contributed by atoms with van der Waals surface area (Å²) in [6.07, 6.45) is -6.85. The van der Waals surface area contributed by atoms with Gasteiger partial charge in [0.1, 0.15) is 17.4 Å². The number of piperidine rings is 1. The summed E-state index contributed by atoms with van der Waals surface area (Å²) in [5.74, 6) is -1.49. The molecule has 0 saturated carbocycles. The van der Waals surface area contributed by atoms with E-state index in [1.165, 1.54) is 18.2 Å². The van der Waals surface area contributed by atoms with Gasteiger partial charge in [0.25, 0.3) is 0 Å². The fourth-order valence-electron chi connectivity index (χ4n) is 5.41. The van der Waals surface area contributed by atoms with Crippen LogP contribution in [0.25, 0.3) is 0 Å². The van der Waals surface area contributed by atoms with Gasteiger partial charge in [-0.1, -0.05) is 12.1 Å². The van der Waals surface area contributed by atoms with Crippen LogP contribution in [-0.4, -0.2) is 91.4 Å². The van der Waals surface area contributed by atoms with Crippen LogP contribution in [0.15, 0.2) is 30.3 Å². The summed E-state index contributed by atoms with van der Waals surface area (Å²) in [6, 6.07) is 6.37. The van der Waals surface area contributed by atoms with Gasteiger partial charge >= 0.3 is 12.4 Å². The number of nitrogens with zero attached hydrogens (tertiary/aromatic N) is 6. The maximum Gasteiger partial charge on any atom is 0.451 e. The van der Waals surface area contributed by atoms with Crippen molar-refractivity contribution in [3.8, 4) is 0 Å². The number of likely N-dealkylation sites (N-methyl/N-ethyl adjacent to an activating group) is 1. The molecular weight excluding hydrogens is 578 g/mol. The molecule has 3 heterocycles. The van der Waals surface area contributed by atoms with Crippen molar-refractivity contribution in [2.45, 2.75) is 44.5 Å². The van der Waals surface area contributed by atoms with Gasteiger partial charge in [0, 0.05) is 57.7 Å². The van der Waals surface area contributed by atoms with E-state index < -0.39 is 23.7 Å². The number of hydrogen-bond acceptors (Lipinski definition) is 7. The molecule has 2 aliphatic heterocycles. The van der Waals surface area contributed by atoms with Gasteiger partial charge in [-0.3, -0.25) is 9.59 Å². The van der Waals surface area contributed by atoms with E-state index in [0.29, 0.717) is 64.0 Å². The number of carbonyl (C=O) groups excluding carboxylic acids is 2. The van der Waals surface area contributed by atoms with Crippen molar-refractivity contribution in [1.82, 2.24) is 19.8 Å². The van der Waals surface area contributed by atoms with E-state index in [2.05, 4.69) is 9.97 Å². The van der Waals surface area contributed by atoms with Gasteiger partial charge in [0.2, 0.25) is 11.7 Å². The van der Waals surface area contributed by atoms with E-state index in [4.69, 9.17) is 0 Å². The Balaban J connectivity index is 1.39. The summed E-state index contributed by atoms with van der Waals surface area (Å²) in [7, 11) is 3.58. The number of amides is 1. The van der Waals surface area contributed by atoms with Gasteiger partial charge in [-0.2, -0.15) is 26.3 Å². The van der Waals surface area contributed by atoms with Crippen LogP contribution in [0.3, 0.4) is 0 Å². The first-order chi connectivity index (χ1) is 20.2. The number of hydrogen-bond donors (Lipinski definition) is 0. The second-order valence-corrected chi connectivity index (χ2v) is 11.3. The molecule has 14 heteroatoms. The molecule has 1 aromatic heterocycles. The molecule has 0 bridgehead atoms. The van der Waals surface area contributed by atoms with E-state index in [9.17, 15) is 35.9 Å². The van der Waals surface area contributed by atoms with E-state index >= 15 is 0 Å². The van der Waals surface area contributed by atoms with Crippen molar-refractivity contribution in [3.05, 3.63) is 47.3 Å². The van der Waals surface area contributed by atoms with Crippen LogP contribution in [0.4, 0.5) is 38.0 Å². The van der Waals surface area contributed by atoms with Gasteiger partial charge in [-0.15, -0.1) is 0 Å². The lowest BCUT2D eigenvalue weighted by molar-refractivity contribution is -0.145. The van der Waals surface area contributed by atoms with Gasteiger partial charge in [0.05, 0.1) is 12.1 Å². The first-order valence-corrected chi connectivity index (χ1v) is 14.3. The molecule has 0 unspecified atom stereocenters. The zero-order chi connectivity index (χ0) is 31.4. The summed E-state index contributed by atoms with van der Waals surface area (Å²) in [5, 5.41) is 0. The Morgan fingerprint density at radius 2 is 1.51 bits per heavy atom. The summed E-state index contributed by atoms with van der Waals surface area (Å²) >= 11 is 0. The Hall–Kier alpha value is -3.42. The molecule has 2 aliphatic rings. The Bertz CT molecular complexity index is 1260. The van der Waals surface area contributed by atoms with E-state index in [1.807, 2.05) is 0 Å². The molecule has 2 aromatic rings. The highest BCUT2D eigenvalue weighted by atomic mass is 19.4. The number of carbonyl (C=O) groups is 2. The topological polar surface area (TPSA) is 72.9 Å². The molecular formula is C29H36F6N6O2. The SMILES string of the molecule is CN(C)CC(=O)N1CCN(c2cc(N3CCC[C@@H](C(=O)CCCc4ccc(C(F)(F)F)cc4)C3)nc(C(F)(F)F)n2)CC1. The molecule has 8 nitrogen and oxygen atoms in total. The van der Waals surface area contributed by atoms with Crippen LogP contribution >= 0.6 is 0 Å². The Kier molecular flexibility index (Phi) is 10.2. The molecule has 2 saturated heterocycles. The van der Waals surface area contributed by atoms with Gasteiger partial charge in [-0.25, -0.2) is 9.97 Å². The maximum absolute atomic E-state index is 13.8. The zero-order valence-corrected chi connectivity index (χ0v) is 24.2. The quantitative estimate of drug-likeness (QED) is 0.385. The molecule has 4 rings (SSSR count). The number of aryl methyl sites for hydroxylation is 1. The molecule has 1 amide bonds. The van der Waals surface area contributed by atoms with E-state index in [-0.39, 0.29) is 48.8 Å². The van der Waals surface area contributed by atoms with Crippen LogP contribution in [0, 0.1) is 5.92 Å². The predicted molar refractivity (Wildman–Crippen MR) is 149 cm³/mol. The average molecular weight is 615 g/mol. The van der Waals surface area contributed by atoms with Crippen LogP contribution < -0.4 is 9.80 Å².